The molecule has 1 aliphatic rings. The number of benzene rings is 3. The van der Waals surface area contributed by atoms with Gasteiger partial charge < -0.3 is 19.1 Å². The Morgan fingerprint density at radius 2 is 1.57 bits per heavy atom. The number of methoxy groups -OCH3 is 2. The van der Waals surface area contributed by atoms with Gasteiger partial charge in [-0.2, -0.15) is 0 Å². The highest BCUT2D eigenvalue weighted by Gasteiger charge is 2.37. The fraction of sp³-hybridized carbons (Fsp3) is 0.172. The van der Waals surface area contributed by atoms with Crippen LogP contribution in [0.15, 0.2) is 95.7 Å². The van der Waals surface area contributed by atoms with Crippen LogP contribution in [0.4, 0.5) is 0 Å². The second kappa shape index (κ2) is 10.7. The zero-order chi connectivity index (χ0) is 24.8. The van der Waals surface area contributed by atoms with Crippen molar-refractivity contribution in [3.05, 3.63) is 112 Å². The number of hydrogen-bond acceptors (Lipinski definition) is 5. The molecule has 3 aromatic carbocycles. The van der Waals surface area contributed by atoms with Crippen LogP contribution in [0.5, 0.6) is 11.5 Å². The van der Waals surface area contributed by atoms with Gasteiger partial charge in [-0.1, -0.05) is 60.7 Å². The van der Waals surface area contributed by atoms with E-state index in [9.17, 15) is 9.59 Å². The van der Waals surface area contributed by atoms with Crippen LogP contribution in [-0.4, -0.2) is 31.0 Å². The first-order chi connectivity index (χ1) is 17.0. The molecular weight excluding hydrogens is 442 g/mol. The lowest BCUT2D eigenvalue weighted by Gasteiger charge is -2.18. The predicted octanol–water partition coefficient (Wildman–Crippen LogP) is 5.15. The molecule has 6 heteroatoms. The van der Waals surface area contributed by atoms with Crippen molar-refractivity contribution >= 4 is 18.0 Å². The second-order valence-electron chi connectivity index (χ2n) is 8.06. The van der Waals surface area contributed by atoms with E-state index in [2.05, 4.69) is 0 Å². The first-order valence-corrected chi connectivity index (χ1v) is 11.2. The van der Waals surface area contributed by atoms with Gasteiger partial charge >= 0.3 is 5.97 Å². The van der Waals surface area contributed by atoms with Crippen molar-refractivity contribution in [3.8, 4) is 11.5 Å². The summed E-state index contributed by atoms with van der Waals surface area (Å²) in [5.74, 6) is 0.530. The lowest BCUT2D eigenvalue weighted by molar-refractivity contribution is -0.136. The number of ether oxygens (including phenoxy) is 3. The number of amides is 1. The molecule has 0 saturated carbocycles. The van der Waals surface area contributed by atoms with Gasteiger partial charge in [0.25, 0.3) is 5.91 Å². The van der Waals surface area contributed by atoms with E-state index in [0.717, 1.165) is 16.9 Å². The SMILES string of the molecule is COC(=O)C1=C(C)N(Cc2ccc(OC)cc2)C(=O)/C1=C\c1ccccc1OCc1ccccc1. The summed E-state index contributed by atoms with van der Waals surface area (Å²) in [5, 5.41) is 0. The third kappa shape index (κ3) is 5.27. The van der Waals surface area contributed by atoms with Crippen LogP contribution >= 0.6 is 0 Å². The minimum Gasteiger partial charge on any atom is -0.497 e. The number of para-hydroxylation sites is 1. The molecule has 0 atom stereocenters. The summed E-state index contributed by atoms with van der Waals surface area (Å²) in [4.78, 5) is 27.8. The molecule has 0 N–H and O–H groups in total. The number of rotatable bonds is 8. The highest BCUT2D eigenvalue weighted by Crippen LogP contribution is 2.34. The van der Waals surface area contributed by atoms with Gasteiger partial charge in [0.05, 0.1) is 31.9 Å². The summed E-state index contributed by atoms with van der Waals surface area (Å²) in [5.41, 5.74) is 3.72. The number of hydrogen-bond donors (Lipinski definition) is 0. The molecule has 1 amide bonds. The Morgan fingerprint density at radius 1 is 0.886 bits per heavy atom. The van der Waals surface area contributed by atoms with Crippen molar-refractivity contribution in [1.29, 1.82) is 0 Å². The molecule has 1 aliphatic heterocycles. The van der Waals surface area contributed by atoms with Crippen LogP contribution in [0, 0.1) is 0 Å². The number of esters is 1. The molecule has 0 aromatic heterocycles. The van der Waals surface area contributed by atoms with Crippen LogP contribution < -0.4 is 9.47 Å². The number of carbonyl (C=O) groups excluding carboxylic acids is 2. The van der Waals surface area contributed by atoms with E-state index in [4.69, 9.17) is 14.2 Å². The quantitative estimate of drug-likeness (QED) is 0.337. The normalized spacial score (nSPS) is 14.4. The molecule has 6 nitrogen and oxygen atoms in total. The topological polar surface area (TPSA) is 65.1 Å². The zero-order valence-corrected chi connectivity index (χ0v) is 20.0. The smallest absolute Gasteiger partial charge is 0.340 e. The minimum atomic E-state index is -0.554. The molecule has 0 aliphatic carbocycles. The van der Waals surface area contributed by atoms with Crippen LogP contribution in [0.3, 0.4) is 0 Å². The maximum absolute atomic E-state index is 13.5. The molecule has 178 valence electrons. The van der Waals surface area contributed by atoms with Gasteiger partial charge in [0.1, 0.15) is 18.1 Å². The van der Waals surface area contributed by atoms with Crippen molar-refractivity contribution in [1.82, 2.24) is 4.90 Å². The van der Waals surface area contributed by atoms with E-state index >= 15 is 0 Å². The highest BCUT2D eigenvalue weighted by atomic mass is 16.5. The molecule has 1 heterocycles. The van der Waals surface area contributed by atoms with Crippen LogP contribution in [0.25, 0.3) is 6.08 Å². The van der Waals surface area contributed by atoms with E-state index in [0.29, 0.717) is 30.2 Å². The van der Waals surface area contributed by atoms with Crippen molar-refractivity contribution in [2.24, 2.45) is 0 Å². The summed E-state index contributed by atoms with van der Waals surface area (Å²) in [6.07, 6.45) is 1.70. The van der Waals surface area contributed by atoms with Gasteiger partial charge in [-0.25, -0.2) is 4.79 Å². The summed E-state index contributed by atoms with van der Waals surface area (Å²) < 4.78 is 16.3. The van der Waals surface area contributed by atoms with Gasteiger partial charge in [0.15, 0.2) is 0 Å². The summed E-state index contributed by atoms with van der Waals surface area (Å²) in [6.45, 7) is 2.46. The number of carbonyl (C=O) groups is 2. The first kappa shape index (κ1) is 23.8. The van der Waals surface area contributed by atoms with Gasteiger partial charge in [-0.05, 0) is 42.3 Å². The van der Waals surface area contributed by atoms with Gasteiger partial charge in [-0.15, -0.1) is 0 Å². The zero-order valence-electron chi connectivity index (χ0n) is 20.0. The van der Waals surface area contributed by atoms with Gasteiger partial charge in [0.2, 0.25) is 0 Å². The molecule has 3 aromatic rings. The molecule has 4 rings (SSSR count). The first-order valence-electron chi connectivity index (χ1n) is 11.2. The third-order valence-electron chi connectivity index (χ3n) is 5.86. The Morgan fingerprint density at radius 3 is 2.26 bits per heavy atom. The average molecular weight is 470 g/mol. The van der Waals surface area contributed by atoms with E-state index in [1.165, 1.54) is 7.11 Å². The summed E-state index contributed by atoms with van der Waals surface area (Å²) in [7, 11) is 2.92. The van der Waals surface area contributed by atoms with E-state index in [1.54, 1.807) is 25.0 Å². The summed E-state index contributed by atoms with van der Waals surface area (Å²) >= 11 is 0. The van der Waals surface area contributed by atoms with Crippen molar-refractivity contribution in [3.63, 3.8) is 0 Å². The Bertz CT molecular complexity index is 1280. The molecule has 0 fully saturated rings. The van der Waals surface area contributed by atoms with Crippen LogP contribution in [0.2, 0.25) is 0 Å². The maximum Gasteiger partial charge on any atom is 0.340 e. The Kier molecular flexibility index (Phi) is 7.31. The fourth-order valence-electron chi connectivity index (χ4n) is 3.95. The Balaban J connectivity index is 1.66. The molecule has 35 heavy (non-hydrogen) atoms. The van der Waals surface area contributed by atoms with Crippen LogP contribution in [0.1, 0.15) is 23.6 Å². The third-order valence-corrected chi connectivity index (χ3v) is 5.86. The number of nitrogens with zero attached hydrogens (tertiary/aromatic N) is 1. The molecule has 0 bridgehead atoms. The lowest BCUT2D eigenvalue weighted by Crippen LogP contribution is -2.24. The maximum atomic E-state index is 13.5. The minimum absolute atomic E-state index is 0.254. The van der Waals surface area contributed by atoms with E-state index < -0.39 is 5.97 Å². The standard InChI is InChI=1S/C29H27NO5/c1-20-27(29(32)34-3)25(28(31)30(20)18-21-13-15-24(33-2)16-14-21)17-23-11-7-8-12-26(23)35-19-22-9-5-4-6-10-22/h4-17H,18-19H2,1-3H3/b25-17-. The average Bonchev–Trinajstić information content (AvgIpc) is 3.12. The fourth-order valence-corrected chi connectivity index (χ4v) is 3.95. The van der Waals surface area contributed by atoms with Crippen molar-refractivity contribution < 1.29 is 23.8 Å². The molecule has 0 saturated heterocycles. The lowest BCUT2D eigenvalue weighted by atomic mass is 10.0. The van der Waals surface area contributed by atoms with Gasteiger partial charge in [-0.3, -0.25) is 4.79 Å². The Labute approximate surface area is 205 Å². The van der Waals surface area contributed by atoms with E-state index in [1.807, 2.05) is 78.9 Å². The molecular formula is C29H27NO5. The number of allylic oxidation sites excluding steroid dienone is 1. The largest absolute Gasteiger partial charge is 0.497 e. The Hall–Kier alpha value is -4.32. The van der Waals surface area contributed by atoms with Crippen LogP contribution in [-0.2, 0) is 27.5 Å². The van der Waals surface area contributed by atoms with E-state index in [-0.39, 0.29) is 17.1 Å². The highest BCUT2D eigenvalue weighted by molar-refractivity contribution is 6.16. The van der Waals surface area contributed by atoms with Crippen molar-refractivity contribution in [2.75, 3.05) is 14.2 Å². The monoisotopic (exact) mass is 469 g/mol. The van der Waals surface area contributed by atoms with Crippen molar-refractivity contribution in [2.45, 2.75) is 20.1 Å². The van der Waals surface area contributed by atoms with Gasteiger partial charge in [0, 0.05) is 11.3 Å². The molecule has 0 radical (unpaired) electrons. The molecule has 0 spiro atoms. The molecule has 0 unspecified atom stereocenters. The predicted molar refractivity (Wildman–Crippen MR) is 133 cm³/mol. The second-order valence-corrected chi connectivity index (χ2v) is 8.06. The summed E-state index contributed by atoms with van der Waals surface area (Å²) in [6, 6.07) is 24.7.